The van der Waals surface area contributed by atoms with Crippen molar-refractivity contribution < 1.29 is 9.13 Å². The lowest BCUT2D eigenvalue weighted by molar-refractivity contribution is 0.279. The molecule has 0 saturated heterocycles. The molecule has 0 amide bonds. The van der Waals surface area contributed by atoms with Crippen LogP contribution in [0.1, 0.15) is 28.7 Å². The molecule has 0 saturated carbocycles. The largest absolute Gasteiger partial charge is 0.492 e. The van der Waals surface area contributed by atoms with Crippen molar-refractivity contribution in [2.75, 3.05) is 52.4 Å². The molecule has 216 valence electrons. The van der Waals surface area contributed by atoms with Gasteiger partial charge >= 0.3 is 0 Å². The lowest BCUT2D eigenvalue weighted by atomic mass is 10.0. The minimum absolute atomic E-state index is 0.119. The molecule has 0 atom stereocenters. The molecule has 0 aliphatic heterocycles. The van der Waals surface area contributed by atoms with Gasteiger partial charge in [0.05, 0.1) is 22.2 Å². The summed E-state index contributed by atoms with van der Waals surface area (Å²) in [5.74, 6) is 5.82. The summed E-state index contributed by atoms with van der Waals surface area (Å²) >= 11 is 1.86. The second-order valence-corrected chi connectivity index (χ2v) is 11.0. The van der Waals surface area contributed by atoms with Crippen LogP contribution in [0.4, 0.5) is 15.8 Å². The van der Waals surface area contributed by atoms with E-state index in [1.165, 1.54) is 10.2 Å². The quantitative estimate of drug-likeness (QED) is 0.0740. The molecule has 11 heteroatoms. The number of ether oxygens (including phenoxy) is 1. The van der Waals surface area contributed by atoms with E-state index in [0.29, 0.717) is 24.4 Å². The fourth-order valence-electron chi connectivity index (χ4n) is 3.91. The Morgan fingerprint density at radius 1 is 1.20 bits per heavy atom. The van der Waals surface area contributed by atoms with Gasteiger partial charge in [-0.3, -0.25) is 4.68 Å². The van der Waals surface area contributed by atoms with E-state index in [2.05, 4.69) is 14.9 Å². The van der Waals surface area contributed by atoms with E-state index < -0.39 is 5.82 Å². The summed E-state index contributed by atoms with van der Waals surface area (Å²) in [4.78, 5) is 12.7. The first kappa shape index (κ1) is 31.6. The molecule has 0 aliphatic rings. The molecule has 4 N–H and O–H groups in total. The van der Waals surface area contributed by atoms with Crippen molar-refractivity contribution in [2.45, 2.75) is 19.8 Å². The molecule has 0 unspecified atom stereocenters. The highest BCUT2D eigenvalue weighted by molar-refractivity contribution is 14.1. The molecule has 0 fully saturated rings. The number of nitrogens with two attached hydrogens (primary N) is 2. The van der Waals surface area contributed by atoms with Gasteiger partial charge in [-0.1, -0.05) is 6.07 Å². The third-order valence-electron chi connectivity index (χ3n) is 6.16. The van der Waals surface area contributed by atoms with Crippen molar-refractivity contribution >= 4 is 40.3 Å². The maximum absolute atomic E-state index is 14.9. The number of aromatic nitrogens is 1. The van der Waals surface area contributed by atoms with Gasteiger partial charge in [-0.05, 0) is 103 Å². The first-order chi connectivity index (χ1) is 19.6. The van der Waals surface area contributed by atoms with Gasteiger partial charge in [0.2, 0.25) is 0 Å². The lowest BCUT2D eigenvalue weighted by Gasteiger charge is -2.14. The van der Waals surface area contributed by atoms with Crippen LogP contribution in [-0.2, 0) is 6.42 Å². The Balaban J connectivity index is 1.67. The third-order valence-corrected chi connectivity index (χ3v) is 7.17. The second kappa shape index (κ2) is 15.2. The number of nitriles is 1. The van der Waals surface area contributed by atoms with Crippen LogP contribution < -0.4 is 21.8 Å². The van der Waals surface area contributed by atoms with E-state index in [1.54, 1.807) is 29.7 Å². The number of benzene rings is 2. The van der Waals surface area contributed by atoms with Gasteiger partial charge in [0.15, 0.2) is 11.3 Å². The number of likely N-dealkylation sites (N-methyl/N-ethyl adjacent to an activating group) is 1. The number of anilines is 1. The summed E-state index contributed by atoms with van der Waals surface area (Å²) in [5.41, 5.74) is 10.7. The summed E-state index contributed by atoms with van der Waals surface area (Å²) in [6.45, 7) is 3.81. The Bertz CT molecular complexity index is 1520. The van der Waals surface area contributed by atoms with Crippen LogP contribution in [0.5, 0.6) is 5.75 Å². The van der Waals surface area contributed by atoms with E-state index in [1.807, 2.05) is 93.1 Å². The number of hydrogen-bond acceptors (Lipinski definition) is 7. The van der Waals surface area contributed by atoms with E-state index >= 15 is 0 Å². The molecular weight excluding hydrogens is 634 g/mol. The maximum Gasteiger partial charge on any atom is 0.160 e. The maximum atomic E-state index is 14.9. The molecule has 0 spiro atoms. The zero-order valence-electron chi connectivity index (χ0n) is 23.8. The average Bonchev–Trinajstić information content (AvgIpc) is 2.93. The summed E-state index contributed by atoms with van der Waals surface area (Å²) < 4.78 is 22.4. The Labute approximate surface area is 254 Å². The summed E-state index contributed by atoms with van der Waals surface area (Å²) in [7, 11) is 5.78. The molecule has 9 nitrogen and oxygen atoms in total. The Hall–Kier alpha value is -3.89. The molecule has 0 aliphatic carbocycles. The van der Waals surface area contributed by atoms with E-state index in [-0.39, 0.29) is 14.8 Å². The highest BCUT2D eigenvalue weighted by Gasteiger charge is 2.17. The van der Waals surface area contributed by atoms with Crippen LogP contribution in [0.2, 0.25) is 0 Å². The zero-order valence-corrected chi connectivity index (χ0v) is 26.0. The van der Waals surface area contributed by atoms with E-state index in [9.17, 15) is 9.65 Å². The molecule has 41 heavy (non-hydrogen) atoms. The predicted octanol–water partition coefficient (Wildman–Crippen LogP) is 4.34. The highest BCUT2D eigenvalue weighted by atomic mass is 127. The van der Waals surface area contributed by atoms with E-state index in [4.69, 9.17) is 16.3 Å². The lowest BCUT2D eigenvalue weighted by Crippen LogP contribution is -2.27. The SMILES string of the molecule is Cc1cc(N)ccc1Cc1ccn(N)c(=N/C=C\CN(C)C=Nc2cc(OCCCN(C)C)c(I)c(F)c2C#N)c1. The summed E-state index contributed by atoms with van der Waals surface area (Å²) in [6.07, 6.45) is 8.38. The minimum Gasteiger partial charge on any atom is -0.492 e. The van der Waals surface area contributed by atoms with Gasteiger partial charge in [0.25, 0.3) is 0 Å². The highest BCUT2D eigenvalue weighted by Crippen LogP contribution is 2.33. The predicted molar refractivity (Wildman–Crippen MR) is 171 cm³/mol. The standard InChI is InChI=1S/C30H36FIN8O/c1-21-15-24(34)8-7-23(21)16-22-9-13-40(35)28(17-22)36-10-5-12-39(4)20-37-26-18-27(41-14-6-11-38(2)3)30(32)29(31)25(26)19-33/h5,7-10,13,15,17-18,20H,6,11-12,14,16,34-35H2,1-4H3/b10-5-,36-28?,37-20?. The number of halogens is 2. The van der Waals surface area contributed by atoms with Gasteiger partial charge in [-0.2, -0.15) is 5.26 Å². The number of aliphatic imine (C=N–C) groups is 1. The second-order valence-electron chi connectivity index (χ2n) is 9.88. The number of nitrogens with zero attached hydrogens (tertiary/aromatic N) is 6. The van der Waals surface area contributed by atoms with Crippen molar-refractivity contribution in [2.24, 2.45) is 9.98 Å². The fraction of sp³-hybridized carbons (Fsp3) is 0.300. The number of aryl methyl sites for hydroxylation is 1. The molecule has 1 heterocycles. The Morgan fingerprint density at radius 2 is 1.98 bits per heavy atom. The molecule has 0 radical (unpaired) electrons. The molecule has 3 aromatic rings. The van der Waals surface area contributed by atoms with Gasteiger partial charge in [0.1, 0.15) is 17.4 Å². The number of pyridine rings is 1. The van der Waals surface area contributed by atoms with Crippen LogP contribution in [-0.4, -0.2) is 61.7 Å². The van der Waals surface area contributed by atoms with Crippen molar-refractivity contribution in [3.05, 3.63) is 92.0 Å². The Morgan fingerprint density at radius 3 is 2.68 bits per heavy atom. The van der Waals surface area contributed by atoms with Crippen LogP contribution >= 0.6 is 22.6 Å². The monoisotopic (exact) mass is 670 g/mol. The van der Waals surface area contributed by atoms with Crippen LogP contribution in [0.25, 0.3) is 0 Å². The minimum atomic E-state index is -0.629. The zero-order chi connectivity index (χ0) is 29.9. The first-order valence-corrected chi connectivity index (χ1v) is 14.1. The molecule has 0 bridgehead atoms. The summed E-state index contributed by atoms with van der Waals surface area (Å²) in [6, 6.07) is 13.3. The van der Waals surface area contributed by atoms with Crippen LogP contribution in [0, 0.1) is 27.6 Å². The third kappa shape index (κ3) is 9.33. The van der Waals surface area contributed by atoms with Crippen LogP contribution in [0.3, 0.4) is 0 Å². The average molecular weight is 671 g/mol. The molecular formula is C30H36FIN8O. The van der Waals surface area contributed by atoms with Gasteiger partial charge in [0, 0.05) is 44.3 Å². The molecule has 2 aromatic carbocycles. The molecule has 3 rings (SSSR count). The van der Waals surface area contributed by atoms with Gasteiger partial charge < -0.3 is 26.1 Å². The smallest absolute Gasteiger partial charge is 0.160 e. The number of rotatable bonds is 12. The topological polar surface area (TPSA) is 121 Å². The number of nitrogen functional groups attached to an aromatic ring is 2. The summed E-state index contributed by atoms with van der Waals surface area (Å²) in [5, 5.41) is 9.52. The van der Waals surface area contributed by atoms with Crippen molar-refractivity contribution in [1.82, 2.24) is 14.5 Å². The first-order valence-electron chi connectivity index (χ1n) is 13.0. The molecule has 1 aromatic heterocycles. The van der Waals surface area contributed by atoms with Crippen molar-refractivity contribution in [3.8, 4) is 11.8 Å². The van der Waals surface area contributed by atoms with Crippen molar-refractivity contribution in [1.29, 1.82) is 5.26 Å². The van der Waals surface area contributed by atoms with Gasteiger partial charge in [-0.25, -0.2) is 14.4 Å². The van der Waals surface area contributed by atoms with Crippen LogP contribution in [0.15, 0.2) is 64.9 Å². The number of hydrogen-bond donors (Lipinski definition) is 2. The normalized spacial score (nSPS) is 12.0. The Kier molecular flexibility index (Phi) is 11.7. The van der Waals surface area contributed by atoms with Crippen molar-refractivity contribution in [3.63, 3.8) is 0 Å². The van der Waals surface area contributed by atoms with Gasteiger partial charge in [-0.15, -0.1) is 0 Å². The van der Waals surface area contributed by atoms with E-state index in [0.717, 1.165) is 36.2 Å². The fourth-order valence-corrected chi connectivity index (χ4v) is 4.49.